The number of nitrogens with zero attached hydrogens (tertiary/aromatic N) is 1. The Labute approximate surface area is 181 Å². The van der Waals surface area contributed by atoms with E-state index in [0.29, 0.717) is 18.9 Å². The van der Waals surface area contributed by atoms with Crippen LogP contribution in [0.15, 0.2) is 24.3 Å². The van der Waals surface area contributed by atoms with Crippen LogP contribution in [-0.4, -0.2) is 23.7 Å². The number of benzene rings is 1. The molecular weight excluding hydrogens is 416 g/mol. The molecule has 1 aromatic rings. The molecule has 2 fully saturated rings. The third kappa shape index (κ3) is 7.40. The van der Waals surface area contributed by atoms with E-state index in [2.05, 4.69) is 11.3 Å². The molecule has 0 spiro atoms. The van der Waals surface area contributed by atoms with Crippen LogP contribution in [0.1, 0.15) is 87.8 Å². The molecule has 0 aromatic heterocycles. The monoisotopic (exact) mass is 448 g/mol. The molecule has 1 radical (unpaired) electrons. The zero-order valence-corrected chi connectivity index (χ0v) is 17.8. The minimum absolute atomic E-state index is 0.0490. The molecule has 3 rings (SSSR count). The van der Waals surface area contributed by atoms with E-state index in [9.17, 15) is 26.3 Å². The molecule has 1 aromatic carbocycles. The van der Waals surface area contributed by atoms with Crippen molar-refractivity contribution in [1.29, 1.82) is 0 Å². The summed E-state index contributed by atoms with van der Waals surface area (Å²) in [6.45, 7) is 0.652. The number of likely N-dealkylation sites (tertiary alicyclic amines) is 1. The molecule has 1 saturated heterocycles. The van der Waals surface area contributed by atoms with Crippen LogP contribution < -0.4 is 0 Å². The van der Waals surface area contributed by atoms with E-state index in [-0.39, 0.29) is 18.5 Å². The Morgan fingerprint density at radius 3 is 2.19 bits per heavy atom. The lowest BCUT2D eigenvalue weighted by atomic mass is 9.83. The molecule has 2 atom stereocenters. The first-order chi connectivity index (χ1) is 14.6. The van der Waals surface area contributed by atoms with Crippen LogP contribution in [-0.2, 0) is 6.18 Å². The van der Waals surface area contributed by atoms with Crippen LogP contribution in [0, 0.1) is 12.3 Å². The van der Waals surface area contributed by atoms with Gasteiger partial charge in [0.25, 0.3) is 0 Å². The van der Waals surface area contributed by atoms with Crippen molar-refractivity contribution in [2.75, 3.05) is 6.54 Å². The quantitative estimate of drug-likeness (QED) is 0.381. The molecule has 1 saturated carbocycles. The number of halogens is 6. The molecule has 31 heavy (non-hydrogen) atoms. The van der Waals surface area contributed by atoms with Gasteiger partial charge in [0.1, 0.15) is 0 Å². The van der Waals surface area contributed by atoms with E-state index >= 15 is 0 Å². The summed E-state index contributed by atoms with van der Waals surface area (Å²) < 4.78 is 77.9. The van der Waals surface area contributed by atoms with E-state index in [0.717, 1.165) is 49.8 Å². The minimum atomic E-state index is -4.40. The van der Waals surface area contributed by atoms with Gasteiger partial charge in [-0.1, -0.05) is 44.2 Å². The van der Waals surface area contributed by atoms with Crippen LogP contribution in [0.5, 0.6) is 0 Å². The molecule has 175 valence electrons. The smallest absolute Gasteiger partial charge is 0.293 e. The highest BCUT2D eigenvalue weighted by molar-refractivity contribution is 5.27. The zero-order valence-electron chi connectivity index (χ0n) is 17.8. The second kappa shape index (κ2) is 10.6. The second-order valence-corrected chi connectivity index (χ2v) is 9.08. The molecule has 0 unspecified atom stereocenters. The third-order valence-electron chi connectivity index (χ3n) is 6.87. The van der Waals surface area contributed by atoms with Crippen molar-refractivity contribution < 1.29 is 26.3 Å². The number of hydrogen-bond acceptors (Lipinski definition) is 1. The van der Waals surface area contributed by atoms with Crippen LogP contribution in [0.25, 0.3) is 0 Å². The van der Waals surface area contributed by atoms with Gasteiger partial charge >= 0.3 is 12.4 Å². The normalized spacial score (nSPS) is 23.1. The summed E-state index contributed by atoms with van der Waals surface area (Å²) in [5.41, 5.74) is 0.0483. The van der Waals surface area contributed by atoms with Crippen LogP contribution in [0.2, 0.25) is 0 Å². The fraction of sp³-hybridized carbons (Fsp3) is 0.708. The predicted molar refractivity (Wildman–Crippen MR) is 109 cm³/mol. The molecule has 0 amide bonds. The van der Waals surface area contributed by atoms with Gasteiger partial charge in [-0.2, -0.15) is 26.3 Å². The van der Waals surface area contributed by atoms with Gasteiger partial charge in [-0.25, -0.2) is 0 Å². The summed E-state index contributed by atoms with van der Waals surface area (Å²) in [6, 6.07) is 4.76. The van der Waals surface area contributed by atoms with E-state index < -0.39 is 24.3 Å². The van der Waals surface area contributed by atoms with Crippen molar-refractivity contribution in [1.82, 2.24) is 4.90 Å². The largest absolute Gasteiger partial charge is 0.416 e. The lowest BCUT2D eigenvalue weighted by Gasteiger charge is -2.42. The molecule has 0 N–H and O–H groups in total. The molecule has 7 heteroatoms. The standard InChI is InChI=1S/C24H32F6N/c25-23(26,27)16-15-21(14-9-18-6-2-1-3-7-18)31-17-5-4-8-22(31)19-10-12-20(13-11-19)24(28,29)30/h4,10-13,18,21-22H,1-3,5-9,14-17H2/t21-,22+/m1/s1. The van der Waals surface area contributed by atoms with Gasteiger partial charge in [-0.05, 0) is 68.7 Å². The molecule has 1 aliphatic carbocycles. The maximum Gasteiger partial charge on any atom is 0.416 e. The number of rotatable bonds is 7. The van der Waals surface area contributed by atoms with Crippen molar-refractivity contribution in [3.05, 3.63) is 41.8 Å². The van der Waals surface area contributed by atoms with Crippen molar-refractivity contribution in [3.63, 3.8) is 0 Å². The van der Waals surface area contributed by atoms with Gasteiger partial charge in [0.15, 0.2) is 0 Å². The average molecular weight is 449 g/mol. The van der Waals surface area contributed by atoms with Crippen molar-refractivity contribution in [2.45, 2.75) is 95.1 Å². The number of hydrogen-bond donors (Lipinski definition) is 0. The Bertz CT molecular complexity index is 660. The number of piperidine rings is 1. The van der Waals surface area contributed by atoms with Crippen molar-refractivity contribution in [2.24, 2.45) is 5.92 Å². The van der Waals surface area contributed by atoms with Crippen LogP contribution in [0.4, 0.5) is 26.3 Å². The maximum atomic E-state index is 13.0. The second-order valence-electron chi connectivity index (χ2n) is 9.08. The highest BCUT2D eigenvalue weighted by Gasteiger charge is 2.35. The Balaban J connectivity index is 1.74. The molecule has 1 aliphatic heterocycles. The third-order valence-corrected chi connectivity index (χ3v) is 6.87. The number of alkyl halides is 6. The van der Waals surface area contributed by atoms with E-state index in [1.54, 1.807) is 0 Å². The Hall–Kier alpha value is -1.24. The summed E-state index contributed by atoms with van der Waals surface area (Å²) in [5.74, 6) is 0.586. The molecular formula is C24H32F6N. The Kier molecular flexibility index (Phi) is 8.33. The van der Waals surface area contributed by atoms with Gasteiger partial charge in [0, 0.05) is 18.5 Å². The first kappa shape index (κ1) is 24.4. The van der Waals surface area contributed by atoms with Gasteiger partial charge in [0.2, 0.25) is 0 Å². The first-order valence-electron chi connectivity index (χ1n) is 11.4. The Morgan fingerprint density at radius 1 is 0.903 bits per heavy atom. The molecule has 2 aliphatic rings. The lowest BCUT2D eigenvalue weighted by Crippen LogP contribution is -2.42. The fourth-order valence-electron chi connectivity index (χ4n) is 5.18. The molecule has 1 nitrogen and oxygen atoms in total. The highest BCUT2D eigenvalue weighted by atomic mass is 19.4. The van der Waals surface area contributed by atoms with E-state index in [1.165, 1.54) is 31.4 Å². The highest BCUT2D eigenvalue weighted by Crippen LogP contribution is 2.38. The van der Waals surface area contributed by atoms with Crippen molar-refractivity contribution in [3.8, 4) is 0 Å². The predicted octanol–water partition coefficient (Wildman–Crippen LogP) is 8.12. The van der Waals surface area contributed by atoms with Gasteiger partial charge in [-0.3, -0.25) is 4.90 Å². The summed E-state index contributed by atoms with van der Waals surface area (Å²) in [7, 11) is 0. The van der Waals surface area contributed by atoms with Gasteiger partial charge in [0.05, 0.1) is 5.56 Å². The van der Waals surface area contributed by atoms with Crippen molar-refractivity contribution >= 4 is 0 Å². The average Bonchev–Trinajstić information content (AvgIpc) is 2.73. The maximum absolute atomic E-state index is 13.0. The van der Waals surface area contributed by atoms with Gasteiger partial charge < -0.3 is 0 Å². The first-order valence-corrected chi connectivity index (χ1v) is 11.4. The zero-order chi connectivity index (χ0) is 22.5. The summed E-state index contributed by atoms with van der Waals surface area (Å²) >= 11 is 0. The topological polar surface area (TPSA) is 3.24 Å². The summed E-state index contributed by atoms with van der Waals surface area (Å²) in [5, 5.41) is 0. The summed E-state index contributed by atoms with van der Waals surface area (Å²) in [4.78, 5) is 2.14. The lowest BCUT2D eigenvalue weighted by molar-refractivity contribution is -0.139. The minimum Gasteiger partial charge on any atom is -0.293 e. The molecule has 0 bridgehead atoms. The van der Waals surface area contributed by atoms with Gasteiger partial charge in [-0.15, -0.1) is 0 Å². The molecule has 1 heterocycles. The van der Waals surface area contributed by atoms with Crippen LogP contribution >= 0.6 is 0 Å². The van der Waals surface area contributed by atoms with E-state index in [4.69, 9.17) is 0 Å². The SMILES string of the molecule is FC(F)(F)CC[C@@H](CCC1CCCCC1)N1CC[CH]C[C@H]1c1ccc(C(F)(F)F)cc1. The summed E-state index contributed by atoms with van der Waals surface area (Å²) in [6.07, 6.45) is 1.78. The van der Waals surface area contributed by atoms with E-state index in [1.807, 2.05) is 0 Å². The van der Waals surface area contributed by atoms with Crippen LogP contribution in [0.3, 0.4) is 0 Å². The fourth-order valence-corrected chi connectivity index (χ4v) is 5.18. The Morgan fingerprint density at radius 2 is 1.58 bits per heavy atom.